The first kappa shape index (κ1) is 26.1. The van der Waals surface area contributed by atoms with Crippen LogP contribution in [0.4, 0.5) is 0 Å². The average Bonchev–Trinajstić information content (AvgIpc) is 2.45. The molecule has 0 amide bonds. The molecule has 5 heteroatoms. The summed E-state index contributed by atoms with van der Waals surface area (Å²) in [7, 11) is -3.74. The maximum atomic E-state index is 10.5. The third kappa shape index (κ3) is 25.3. The topological polar surface area (TPSA) is 54.4 Å². The van der Waals surface area contributed by atoms with Crippen LogP contribution in [0.3, 0.4) is 0 Å². The Labute approximate surface area is 168 Å². The van der Waals surface area contributed by atoms with E-state index in [1.807, 2.05) is 0 Å². The fourth-order valence-corrected chi connectivity index (χ4v) is 3.40. The smallest absolute Gasteiger partial charge is 1.00 e. The van der Waals surface area contributed by atoms with Gasteiger partial charge in [0.05, 0.1) is 5.75 Å². The quantitative estimate of drug-likeness (QED) is 0.247. The molecule has 0 atom stereocenters. The van der Waals surface area contributed by atoms with Gasteiger partial charge >= 0.3 is 29.6 Å². The van der Waals surface area contributed by atoms with Gasteiger partial charge in [-0.3, -0.25) is 4.55 Å². The SMILES string of the molecule is CCCCCCCCCCCCCCCCCCS(=O)(=O)O.[H-].[Na+]. The molecule has 0 bridgehead atoms. The van der Waals surface area contributed by atoms with E-state index >= 15 is 0 Å². The molecular formula is C18H39NaO3S. The molecule has 0 unspecified atom stereocenters. The van der Waals surface area contributed by atoms with Crippen molar-refractivity contribution in [1.29, 1.82) is 0 Å². The van der Waals surface area contributed by atoms with E-state index in [1.165, 1.54) is 83.5 Å². The zero-order chi connectivity index (χ0) is 16.5. The van der Waals surface area contributed by atoms with Crippen molar-refractivity contribution in [3.05, 3.63) is 0 Å². The standard InChI is InChI=1S/C18H38O3S.Na.H/c1-2-3-4-5-6-7-8-9-10-11-12-13-14-15-16-17-18-22(19,20)21;;/h2-18H2,1H3,(H,19,20,21);;/q;+1;-1. The van der Waals surface area contributed by atoms with Gasteiger partial charge in [0, 0.05) is 0 Å². The fourth-order valence-electron chi connectivity index (χ4n) is 2.83. The van der Waals surface area contributed by atoms with Crippen LogP contribution < -0.4 is 29.6 Å². The van der Waals surface area contributed by atoms with Crippen molar-refractivity contribution in [3.63, 3.8) is 0 Å². The molecule has 0 aliphatic rings. The van der Waals surface area contributed by atoms with Gasteiger partial charge in [0.2, 0.25) is 0 Å². The summed E-state index contributed by atoms with van der Waals surface area (Å²) in [4.78, 5) is 0. The first-order valence-corrected chi connectivity index (χ1v) is 11.1. The van der Waals surface area contributed by atoms with Gasteiger partial charge in [-0.2, -0.15) is 8.42 Å². The Morgan fingerprint density at radius 3 is 1.13 bits per heavy atom. The van der Waals surface area contributed by atoms with Gasteiger partial charge in [-0.1, -0.05) is 103 Å². The predicted molar refractivity (Wildman–Crippen MR) is 97.1 cm³/mol. The zero-order valence-electron chi connectivity index (χ0n) is 16.7. The number of hydrogen-bond donors (Lipinski definition) is 1. The van der Waals surface area contributed by atoms with E-state index in [1.54, 1.807) is 0 Å². The summed E-state index contributed by atoms with van der Waals surface area (Å²) in [6.45, 7) is 2.26. The van der Waals surface area contributed by atoms with Crippen LogP contribution in [0.25, 0.3) is 0 Å². The van der Waals surface area contributed by atoms with Crippen LogP contribution in [0.5, 0.6) is 0 Å². The number of rotatable bonds is 17. The van der Waals surface area contributed by atoms with E-state index < -0.39 is 10.1 Å². The maximum absolute atomic E-state index is 10.5. The Bertz CT molecular complexity index is 324. The Balaban J connectivity index is -0.00000220. The normalized spacial score (nSPS) is 11.4. The van der Waals surface area contributed by atoms with Crippen LogP contribution in [0.1, 0.15) is 111 Å². The molecule has 0 aliphatic carbocycles. The summed E-state index contributed by atoms with van der Waals surface area (Å²) in [5.41, 5.74) is 0. The van der Waals surface area contributed by atoms with Gasteiger partial charge in [0.1, 0.15) is 0 Å². The van der Waals surface area contributed by atoms with Crippen LogP contribution in [-0.2, 0) is 10.1 Å². The van der Waals surface area contributed by atoms with Crippen molar-refractivity contribution < 1.29 is 44.0 Å². The molecule has 0 aromatic carbocycles. The monoisotopic (exact) mass is 358 g/mol. The molecule has 136 valence electrons. The van der Waals surface area contributed by atoms with Gasteiger partial charge in [-0.05, 0) is 6.42 Å². The molecule has 0 aromatic heterocycles. The minimum atomic E-state index is -3.74. The Morgan fingerprint density at radius 2 is 0.870 bits per heavy atom. The molecular weight excluding hydrogens is 319 g/mol. The predicted octanol–water partition coefficient (Wildman–Crippen LogP) is 3.25. The van der Waals surface area contributed by atoms with Gasteiger partial charge in [0.25, 0.3) is 10.1 Å². The van der Waals surface area contributed by atoms with Crippen LogP contribution in [0.2, 0.25) is 0 Å². The molecule has 3 nitrogen and oxygen atoms in total. The van der Waals surface area contributed by atoms with Gasteiger partial charge in [-0.25, -0.2) is 0 Å². The molecule has 23 heavy (non-hydrogen) atoms. The average molecular weight is 359 g/mol. The third-order valence-electron chi connectivity index (χ3n) is 4.26. The summed E-state index contributed by atoms with van der Waals surface area (Å²) < 4.78 is 29.7. The first-order chi connectivity index (χ1) is 10.6. The molecule has 0 aliphatic heterocycles. The second-order valence-electron chi connectivity index (χ2n) is 6.59. The second-order valence-corrected chi connectivity index (χ2v) is 8.16. The fraction of sp³-hybridized carbons (Fsp3) is 1.00. The van der Waals surface area contributed by atoms with Crippen molar-refractivity contribution >= 4 is 10.1 Å². The van der Waals surface area contributed by atoms with Crippen LogP contribution in [0, 0.1) is 0 Å². The first-order valence-electron chi connectivity index (χ1n) is 9.51. The van der Waals surface area contributed by atoms with Crippen LogP contribution >= 0.6 is 0 Å². The molecule has 0 aromatic rings. The Kier molecular flexibility index (Phi) is 21.9. The van der Waals surface area contributed by atoms with E-state index in [4.69, 9.17) is 4.55 Å². The molecule has 0 heterocycles. The largest absolute Gasteiger partial charge is 1.00 e. The van der Waals surface area contributed by atoms with E-state index in [-0.39, 0.29) is 36.7 Å². The molecule has 0 saturated heterocycles. The van der Waals surface area contributed by atoms with Gasteiger partial charge in [0.15, 0.2) is 0 Å². The summed E-state index contributed by atoms with van der Waals surface area (Å²) in [5.74, 6) is -0.0779. The second kappa shape index (κ2) is 19.2. The minimum absolute atomic E-state index is 0. The molecule has 1 N–H and O–H groups in total. The number of unbranched alkanes of at least 4 members (excludes halogenated alkanes) is 15. The molecule has 0 saturated carbocycles. The molecule has 0 fully saturated rings. The van der Waals surface area contributed by atoms with Crippen molar-refractivity contribution in [2.24, 2.45) is 0 Å². The molecule has 0 radical (unpaired) electrons. The Morgan fingerprint density at radius 1 is 0.609 bits per heavy atom. The van der Waals surface area contributed by atoms with Crippen molar-refractivity contribution in [2.45, 2.75) is 110 Å². The van der Waals surface area contributed by atoms with Gasteiger partial charge in [-0.15, -0.1) is 0 Å². The molecule has 0 spiro atoms. The van der Waals surface area contributed by atoms with E-state index in [9.17, 15) is 8.42 Å². The minimum Gasteiger partial charge on any atom is -1.00 e. The summed E-state index contributed by atoms with van der Waals surface area (Å²) >= 11 is 0. The van der Waals surface area contributed by atoms with Crippen molar-refractivity contribution in [3.8, 4) is 0 Å². The number of hydrogen-bond acceptors (Lipinski definition) is 2. The van der Waals surface area contributed by atoms with Gasteiger partial charge < -0.3 is 1.43 Å². The molecule has 0 rings (SSSR count). The maximum Gasteiger partial charge on any atom is 1.00 e. The summed E-state index contributed by atoms with van der Waals surface area (Å²) in [6, 6.07) is 0. The van der Waals surface area contributed by atoms with Crippen LogP contribution in [0.15, 0.2) is 0 Å². The van der Waals surface area contributed by atoms with E-state index in [0.717, 1.165) is 12.8 Å². The van der Waals surface area contributed by atoms with Crippen molar-refractivity contribution in [2.75, 3.05) is 5.75 Å². The van der Waals surface area contributed by atoms with E-state index in [2.05, 4.69) is 6.92 Å². The zero-order valence-corrected chi connectivity index (χ0v) is 18.5. The summed E-state index contributed by atoms with van der Waals surface area (Å²) in [5, 5.41) is 0. The Hall–Kier alpha value is 0.910. The van der Waals surface area contributed by atoms with Crippen molar-refractivity contribution in [1.82, 2.24) is 0 Å². The van der Waals surface area contributed by atoms with Crippen LogP contribution in [-0.4, -0.2) is 18.7 Å². The van der Waals surface area contributed by atoms with E-state index in [0.29, 0.717) is 6.42 Å². The summed E-state index contributed by atoms with van der Waals surface area (Å²) in [6.07, 6.45) is 20.3. The third-order valence-corrected chi connectivity index (χ3v) is 5.06.